The summed E-state index contributed by atoms with van der Waals surface area (Å²) < 4.78 is 0. The second-order valence-electron chi connectivity index (χ2n) is 8.15. The van der Waals surface area contributed by atoms with Gasteiger partial charge < -0.3 is 10.3 Å². The largest absolute Gasteiger partial charge is 0.338 e. The van der Waals surface area contributed by atoms with Crippen LogP contribution >= 0.6 is 23.2 Å². The highest BCUT2D eigenvalue weighted by atomic mass is 35.5. The van der Waals surface area contributed by atoms with E-state index >= 15 is 0 Å². The van der Waals surface area contributed by atoms with E-state index in [1.165, 1.54) is 6.07 Å². The third-order valence-electron chi connectivity index (χ3n) is 5.74. The summed E-state index contributed by atoms with van der Waals surface area (Å²) in [6, 6.07) is 26.7. The predicted molar refractivity (Wildman–Crippen MR) is 146 cm³/mol. The fourth-order valence-corrected chi connectivity index (χ4v) is 4.08. The average molecular weight is 512 g/mol. The molecular weight excluding hydrogens is 493 g/mol. The number of nitrogens with zero attached hydrogens (tertiary/aromatic N) is 1. The first-order chi connectivity index (χ1) is 17.4. The Morgan fingerprint density at radius 3 is 2.19 bits per heavy atom. The lowest BCUT2D eigenvalue weighted by molar-refractivity contribution is 0.102. The van der Waals surface area contributed by atoms with Gasteiger partial charge in [0.15, 0.2) is 5.78 Å². The van der Waals surface area contributed by atoms with Crippen molar-refractivity contribution in [2.45, 2.75) is 0 Å². The van der Waals surface area contributed by atoms with Crippen molar-refractivity contribution in [1.29, 1.82) is 0 Å². The molecule has 4 aromatic carbocycles. The van der Waals surface area contributed by atoms with Crippen molar-refractivity contribution in [2.75, 3.05) is 5.32 Å². The number of para-hydroxylation sites is 1. The van der Waals surface area contributed by atoms with Crippen molar-refractivity contribution >= 4 is 57.2 Å². The van der Waals surface area contributed by atoms with Crippen molar-refractivity contribution in [1.82, 2.24) is 9.97 Å². The molecule has 0 spiro atoms. The van der Waals surface area contributed by atoms with Crippen molar-refractivity contribution in [3.63, 3.8) is 0 Å². The molecule has 176 valence electrons. The van der Waals surface area contributed by atoms with Crippen LogP contribution in [0.3, 0.4) is 0 Å². The van der Waals surface area contributed by atoms with Crippen LogP contribution in [0.25, 0.3) is 28.0 Å². The Balaban J connectivity index is 1.35. The number of halogens is 2. The molecule has 0 radical (unpaired) electrons. The molecule has 0 saturated heterocycles. The quantitative estimate of drug-likeness (QED) is 0.181. The molecule has 0 atom stereocenters. The first-order valence-corrected chi connectivity index (χ1v) is 11.8. The number of H-pyrrole nitrogens is 1. The third kappa shape index (κ3) is 4.80. The molecular formula is C29H19Cl2N3O2. The highest BCUT2D eigenvalue weighted by Gasteiger charge is 2.15. The Labute approximate surface area is 217 Å². The summed E-state index contributed by atoms with van der Waals surface area (Å²) >= 11 is 12.0. The number of amides is 1. The highest BCUT2D eigenvalue weighted by molar-refractivity contribution is 6.42. The Bertz CT molecular complexity index is 1620. The monoisotopic (exact) mass is 511 g/mol. The van der Waals surface area contributed by atoms with Crippen LogP contribution in [0.5, 0.6) is 0 Å². The molecule has 1 aromatic heterocycles. The van der Waals surface area contributed by atoms with Crippen molar-refractivity contribution in [3.8, 4) is 11.4 Å². The lowest BCUT2D eigenvalue weighted by atomic mass is 9.98. The summed E-state index contributed by atoms with van der Waals surface area (Å²) in [5, 5.41) is 3.57. The number of benzene rings is 4. The van der Waals surface area contributed by atoms with E-state index in [4.69, 9.17) is 23.2 Å². The van der Waals surface area contributed by atoms with Crippen molar-refractivity contribution in [2.24, 2.45) is 0 Å². The smallest absolute Gasteiger partial charge is 0.255 e. The molecule has 0 aliphatic heterocycles. The van der Waals surface area contributed by atoms with Crippen LogP contribution < -0.4 is 5.32 Å². The molecule has 36 heavy (non-hydrogen) atoms. The Morgan fingerprint density at radius 2 is 1.47 bits per heavy atom. The number of carbonyl (C=O) groups excluding carboxylic acids is 2. The summed E-state index contributed by atoms with van der Waals surface area (Å²) in [7, 11) is 0. The lowest BCUT2D eigenvalue weighted by Crippen LogP contribution is -2.11. The van der Waals surface area contributed by atoms with Gasteiger partial charge in [0.1, 0.15) is 5.82 Å². The van der Waals surface area contributed by atoms with Crippen LogP contribution in [-0.2, 0) is 0 Å². The van der Waals surface area contributed by atoms with Gasteiger partial charge >= 0.3 is 0 Å². The second kappa shape index (κ2) is 9.82. The summed E-state index contributed by atoms with van der Waals surface area (Å²) in [6.45, 7) is 3.98. The van der Waals surface area contributed by atoms with E-state index in [-0.39, 0.29) is 11.7 Å². The fraction of sp³-hybridized carbons (Fsp3) is 0. The van der Waals surface area contributed by atoms with Gasteiger partial charge in [0, 0.05) is 28.0 Å². The lowest BCUT2D eigenvalue weighted by Gasteiger charge is -2.06. The van der Waals surface area contributed by atoms with E-state index in [0.717, 1.165) is 22.3 Å². The molecule has 0 aliphatic carbocycles. The normalized spacial score (nSPS) is 10.8. The first kappa shape index (κ1) is 23.5. The number of ketones is 1. The number of aromatic nitrogens is 2. The Morgan fingerprint density at radius 1 is 0.778 bits per heavy atom. The average Bonchev–Trinajstić information content (AvgIpc) is 3.33. The van der Waals surface area contributed by atoms with Gasteiger partial charge in [-0.25, -0.2) is 4.98 Å². The van der Waals surface area contributed by atoms with E-state index in [9.17, 15) is 9.59 Å². The fourth-order valence-electron chi connectivity index (χ4n) is 3.78. The van der Waals surface area contributed by atoms with Gasteiger partial charge in [-0.3, -0.25) is 9.59 Å². The minimum absolute atomic E-state index is 0.188. The van der Waals surface area contributed by atoms with Gasteiger partial charge in [-0.05, 0) is 60.2 Å². The zero-order chi connectivity index (χ0) is 25.2. The van der Waals surface area contributed by atoms with Gasteiger partial charge in [0.2, 0.25) is 0 Å². The number of nitrogens with one attached hydrogen (secondary N) is 2. The van der Waals surface area contributed by atoms with Crippen molar-refractivity contribution < 1.29 is 9.59 Å². The predicted octanol–water partition coefficient (Wildman–Crippen LogP) is 7.69. The zero-order valence-corrected chi connectivity index (χ0v) is 20.4. The van der Waals surface area contributed by atoms with Gasteiger partial charge in [-0.15, -0.1) is 0 Å². The van der Waals surface area contributed by atoms with E-state index in [1.807, 2.05) is 60.7 Å². The maximum Gasteiger partial charge on any atom is 0.255 e. The molecule has 5 nitrogen and oxygen atoms in total. The number of allylic oxidation sites excluding steroid dienone is 1. The van der Waals surface area contributed by atoms with E-state index in [0.29, 0.717) is 38.1 Å². The van der Waals surface area contributed by atoms with Crippen LogP contribution in [0.15, 0.2) is 97.6 Å². The molecule has 1 amide bonds. The summed E-state index contributed by atoms with van der Waals surface area (Å²) in [4.78, 5) is 33.4. The standard InChI is InChI=1S/C29H19Cl2N3O2/c1-17(27(35)21-11-13-23(30)24(31)15-21)20-12-14-25-26(16-20)34-28(33-25)18-7-9-19(10-8-18)29(36)32-22-5-3-2-4-6-22/h2-16H,1H2,(H,32,36)(H,33,34). The van der Waals surface area contributed by atoms with Gasteiger partial charge in [-0.1, -0.05) is 66.2 Å². The van der Waals surface area contributed by atoms with Gasteiger partial charge in [0.25, 0.3) is 5.91 Å². The van der Waals surface area contributed by atoms with E-state index < -0.39 is 0 Å². The van der Waals surface area contributed by atoms with Crippen LogP contribution in [-0.4, -0.2) is 21.7 Å². The third-order valence-corrected chi connectivity index (χ3v) is 6.48. The number of hydrogen-bond acceptors (Lipinski definition) is 3. The molecule has 0 unspecified atom stereocenters. The molecule has 0 bridgehead atoms. The molecule has 2 N–H and O–H groups in total. The summed E-state index contributed by atoms with van der Waals surface area (Å²) in [5.74, 6) is 0.225. The van der Waals surface area contributed by atoms with Crippen LogP contribution in [0.2, 0.25) is 10.0 Å². The summed E-state index contributed by atoms with van der Waals surface area (Å²) in [6.07, 6.45) is 0. The number of anilines is 1. The Hall–Kier alpha value is -4.19. The molecule has 0 aliphatic rings. The minimum Gasteiger partial charge on any atom is -0.338 e. The minimum atomic E-state index is -0.239. The maximum absolute atomic E-state index is 12.9. The Kier molecular flexibility index (Phi) is 6.42. The van der Waals surface area contributed by atoms with E-state index in [1.54, 1.807) is 24.3 Å². The molecule has 5 aromatic rings. The zero-order valence-electron chi connectivity index (χ0n) is 18.9. The molecule has 1 heterocycles. The number of aromatic amines is 1. The maximum atomic E-state index is 12.9. The molecule has 0 fully saturated rings. The summed E-state index contributed by atoms with van der Waals surface area (Å²) in [5.41, 5.74) is 5.02. The first-order valence-electron chi connectivity index (χ1n) is 11.0. The number of rotatable bonds is 6. The molecule has 5 rings (SSSR count). The number of hydrogen-bond donors (Lipinski definition) is 2. The van der Waals surface area contributed by atoms with Gasteiger partial charge in [0.05, 0.1) is 21.1 Å². The topological polar surface area (TPSA) is 74.8 Å². The highest BCUT2D eigenvalue weighted by Crippen LogP contribution is 2.28. The number of imidazole rings is 1. The van der Waals surface area contributed by atoms with Gasteiger partial charge in [-0.2, -0.15) is 0 Å². The second-order valence-corrected chi connectivity index (χ2v) is 8.97. The molecule has 0 saturated carbocycles. The van der Waals surface area contributed by atoms with Crippen LogP contribution in [0, 0.1) is 0 Å². The number of fused-ring (bicyclic) bond motifs is 1. The number of Topliss-reactive ketones (excluding diaryl/α,β-unsaturated/α-hetero) is 1. The SMILES string of the molecule is C=C(C(=O)c1ccc(Cl)c(Cl)c1)c1ccc2nc(-c3ccc(C(=O)Nc4ccccc4)cc3)[nH]c2c1. The number of carbonyl (C=O) groups is 2. The molecule has 7 heteroatoms. The van der Waals surface area contributed by atoms with Crippen molar-refractivity contribution in [3.05, 3.63) is 124 Å². The van der Waals surface area contributed by atoms with Crippen LogP contribution in [0.1, 0.15) is 26.3 Å². The van der Waals surface area contributed by atoms with Crippen LogP contribution in [0.4, 0.5) is 5.69 Å². The van der Waals surface area contributed by atoms with E-state index in [2.05, 4.69) is 21.9 Å².